The average molecular weight is 346 g/mol. The fraction of sp³-hybridized carbons (Fsp3) is 0.353. The van der Waals surface area contributed by atoms with Crippen LogP contribution in [0.25, 0.3) is 10.4 Å². The molecule has 2 heterocycles. The molecular weight excluding hydrogens is 328 g/mol. The van der Waals surface area contributed by atoms with Gasteiger partial charge in [0.25, 0.3) is 5.69 Å². The maximum absolute atomic E-state index is 11.2. The summed E-state index contributed by atoms with van der Waals surface area (Å²) in [5.74, 6) is -1.03. The van der Waals surface area contributed by atoms with Gasteiger partial charge in [0.1, 0.15) is 0 Å². The summed E-state index contributed by atoms with van der Waals surface area (Å²) in [6.45, 7) is 2.14. The summed E-state index contributed by atoms with van der Waals surface area (Å²) < 4.78 is 0. The number of aliphatic carboxylic acids is 1. The summed E-state index contributed by atoms with van der Waals surface area (Å²) in [6.07, 6.45) is 1.62. The highest BCUT2D eigenvalue weighted by molar-refractivity contribution is 7.15. The summed E-state index contributed by atoms with van der Waals surface area (Å²) in [5.41, 5.74) is 0.732. The monoisotopic (exact) mass is 346 g/mol. The Morgan fingerprint density at radius 1 is 1.33 bits per heavy atom. The summed E-state index contributed by atoms with van der Waals surface area (Å²) in [7, 11) is 0. The minimum Gasteiger partial charge on any atom is -0.481 e. The number of nitrogens with zero attached hydrogens (tertiary/aromatic N) is 2. The molecule has 1 aliphatic rings. The number of rotatable bonds is 5. The van der Waals surface area contributed by atoms with E-state index < -0.39 is 5.97 Å². The van der Waals surface area contributed by atoms with Crippen LogP contribution >= 0.6 is 11.3 Å². The number of nitro groups is 1. The van der Waals surface area contributed by atoms with Crippen molar-refractivity contribution >= 4 is 23.0 Å². The predicted molar refractivity (Wildman–Crippen MR) is 92.0 cm³/mol. The van der Waals surface area contributed by atoms with Gasteiger partial charge < -0.3 is 5.11 Å². The smallest absolute Gasteiger partial charge is 0.307 e. The predicted octanol–water partition coefficient (Wildman–Crippen LogP) is 3.62. The van der Waals surface area contributed by atoms with Crippen molar-refractivity contribution in [2.75, 3.05) is 13.1 Å². The van der Waals surface area contributed by atoms with E-state index in [1.54, 1.807) is 18.2 Å². The van der Waals surface area contributed by atoms with Crippen LogP contribution in [-0.2, 0) is 11.3 Å². The van der Waals surface area contributed by atoms with E-state index in [0.717, 1.165) is 29.1 Å². The van der Waals surface area contributed by atoms with Gasteiger partial charge in [-0.3, -0.25) is 19.8 Å². The number of hydrogen-bond donors (Lipinski definition) is 1. The van der Waals surface area contributed by atoms with Gasteiger partial charge in [0.05, 0.1) is 16.4 Å². The first-order chi connectivity index (χ1) is 11.5. The molecule has 0 spiro atoms. The van der Waals surface area contributed by atoms with Gasteiger partial charge in [-0.1, -0.05) is 12.1 Å². The highest BCUT2D eigenvalue weighted by Gasteiger charge is 2.25. The van der Waals surface area contributed by atoms with Crippen molar-refractivity contribution in [3.05, 3.63) is 51.4 Å². The molecule has 6 nitrogen and oxygen atoms in total. The first-order valence-electron chi connectivity index (χ1n) is 7.82. The lowest BCUT2D eigenvalue weighted by atomic mass is 9.98. The Hall–Kier alpha value is -2.25. The van der Waals surface area contributed by atoms with Crippen LogP contribution in [0.5, 0.6) is 0 Å². The van der Waals surface area contributed by atoms with Crippen LogP contribution in [0.3, 0.4) is 0 Å². The summed E-state index contributed by atoms with van der Waals surface area (Å²) in [6, 6.07) is 10.6. The first kappa shape index (κ1) is 16.6. The minimum absolute atomic E-state index is 0.106. The van der Waals surface area contributed by atoms with E-state index in [2.05, 4.69) is 4.90 Å². The van der Waals surface area contributed by atoms with E-state index in [4.69, 9.17) is 5.11 Å². The molecule has 7 heteroatoms. The molecule has 0 saturated carbocycles. The zero-order valence-corrected chi connectivity index (χ0v) is 13.9. The Balaban J connectivity index is 1.75. The van der Waals surface area contributed by atoms with E-state index in [9.17, 15) is 14.9 Å². The normalized spacial score (nSPS) is 18.4. The molecule has 24 heavy (non-hydrogen) atoms. The summed E-state index contributed by atoms with van der Waals surface area (Å²) in [5, 5.41) is 20.3. The Labute approximate surface area is 143 Å². The summed E-state index contributed by atoms with van der Waals surface area (Å²) >= 11 is 1.53. The molecule has 0 bridgehead atoms. The van der Waals surface area contributed by atoms with Crippen molar-refractivity contribution in [2.45, 2.75) is 19.4 Å². The largest absolute Gasteiger partial charge is 0.481 e. The number of carboxylic acid groups (broad SMARTS) is 1. The van der Waals surface area contributed by atoms with Gasteiger partial charge in [0, 0.05) is 28.9 Å². The number of piperidine rings is 1. The third-order valence-electron chi connectivity index (χ3n) is 4.26. The zero-order valence-electron chi connectivity index (χ0n) is 13.1. The summed E-state index contributed by atoms with van der Waals surface area (Å²) in [4.78, 5) is 26.1. The standard InChI is InChI=1S/C17H18N2O4S/c20-17(21)12-4-3-9-18(10-12)11-13-7-8-16(24-13)14-5-1-2-6-15(14)19(22)23/h1-2,5-8,12H,3-4,9-11H2,(H,20,21). The molecule has 0 amide bonds. The topological polar surface area (TPSA) is 83.7 Å². The van der Waals surface area contributed by atoms with Gasteiger partial charge in [-0.15, -0.1) is 11.3 Å². The van der Waals surface area contributed by atoms with Crippen molar-refractivity contribution in [1.82, 2.24) is 4.90 Å². The van der Waals surface area contributed by atoms with E-state index in [-0.39, 0.29) is 16.5 Å². The quantitative estimate of drug-likeness (QED) is 0.660. The highest BCUT2D eigenvalue weighted by Crippen LogP contribution is 2.35. The third kappa shape index (κ3) is 3.63. The number of carbonyl (C=O) groups is 1. The fourth-order valence-electron chi connectivity index (χ4n) is 3.07. The Morgan fingerprint density at radius 2 is 2.12 bits per heavy atom. The molecule has 0 radical (unpaired) electrons. The molecule has 1 atom stereocenters. The van der Waals surface area contributed by atoms with Crippen molar-refractivity contribution in [3.63, 3.8) is 0 Å². The number of hydrogen-bond acceptors (Lipinski definition) is 5. The molecule has 1 N–H and O–H groups in total. The Kier molecular flexibility index (Phi) is 4.92. The molecule has 3 rings (SSSR count). The van der Waals surface area contributed by atoms with Crippen LogP contribution in [0.4, 0.5) is 5.69 Å². The average Bonchev–Trinajstić information content (AvgIpc) is 3.03. The maximum Gasteiger partial charge on any atom is 0.307 e. The van der Waals surface area contributed by atoms with E-state index >= 15 is 0 Å². The van der Waals surface area contributed by atoms with Crippen molar-refractivity contribution in [1.29, 1.82) is 0 Å². The molecular formula is C17H18N2O4S. The molecule has 0 aliphatic carbocycles. The molecule has 1 aromatic carbocycles. The van der Waals surface area contributed by atoms with Crippen LogP contribution < -0.4 is 0 Å². The van der Waals surface area contributed by atoms with Crippen molar-refractivity contribution in [2.24, 2.45) is 5.92 Å². The molecule has 1 aliphatic heterocycles. The SMILES string of the molecule is O=C(O)C1CCCN(Cc2ccc(-c3ccccc3[N+](=O)[O-])s2)C1. The second-order valence-electron chi connectivity index (χ2n) is 5.95. The van der Waals surface area contributed by atoms with Crippen LogP contribution in [0, 0.1) is 16.0 Å². The molecule has 126 valence electrons. The number of nitro benzene ring substituents is 1. The van der Waals surface area contributed by atoms with Crippen LogP contribution in [-0.4, -0.2) is 34.0 Å². The number of carboxylic acids is 1. The van der Waals surface area contributed by atoms with E-state index in [0.29, 0.717) is 18.7 Å². The molecule has 2 aromatic rings. The molecule has 1 unspecified atom stereocenters. The van der Waals surface area contributed by atoms with Crippen molar-refractivity contribution < 1.29 is 14.8 Å². The van der Waals surface area contributed by atoms with Crippen LogP contribution in [0.2, 0.25) is 0 Å². The second-order valence-corrected chi connectivity index (χ2v) is 7.12. The lowest BCUT2D eigenvalue weighted by Gasteiger charge is -2.30. The number of benzene rings is 1. The van der Waals surface area contributed by atoms with Gasteiger partial charge >= 0.3 is 5.97 Å². The lowest BCUT2D eigenvalue weighted by Crippen LogP contribution is -2.37. The Morgan fingerprint density at radius 3 is 2.88 bits per heavy atom. The number of thiophene rings is 1. The molecule has 1 fully saturated rings. The highest BCUT2D eigenvalue weighted by atomic mass is 32.1. The van der Waals surface area contributed by atoms with Crippen LogP contribution in [0.1, 0.15) is 17.7 Å². The second kappa shape index (κ2) is 7.11. The van der Waals surface area contributed by atoms with Crippen molar-refractivity contribution in [3.8, 4) is 10.4 Å². The minimum atomic E-state index is -0.730. The maximum atomic E-state index is 11.2. The first-order valence-corrected chi connectivity index (χ1v) is 8.64. The van der Waals surface area contributed by atoms with E-state index in [1.165, 1.54) is 17.4 Å². The third-order valence-corrected chi connectivity index (χ3v) is 5.37. The van der Waals surface area contributed by atoms with Gasteiger partial charge in [0.15, 0.2) is 0 Å². The fourth-order valence-corrected chi connectivity index (χ4v) is 4.15. The Bertz CT molecular complexity index is 759. The molecule has 1 aromatic heterocycles. The number of para-hydroxylation sites is 1. The number of likely N-dealkylation sites (tertiary alicyclic amines) is 1. The van der Waals surface area contributed by atoms with Gasteiger partial charge in [-0.05, 0) is 37.6 Å². The molecule has 1 saturated heterocycles. The van der Waals surface area contributed by atoms with Gasteiger partial charge in [0.2, 0.25) is 0 Å². The van der Waals surface area contributed by atoms with Crippen LogP contribution in [0.15, 0.2) is 36.4 Å². The zero-order chi connectivity index (χ0) is 17.1. The van der Waals surface area contributed by atoms with Gasteiger partial charge in [-0.2, -0.15) is 0 Å². The van der Waals surface area contributed by atoms with Gasteiger partial charge in [-0.25, -0.2) is 0 Å². The lowest BCUT2D eigenvalue weighted by molar-refractivity contribution is -0.384. The van der Waals surface area contributed by atoms with E-state index in [1.807, 2.05) is 12.1 Å².